The first-order chi connectivity index (χ1) is 9.88. The zero-order chi connectivity index (χ0) is 14.0. The summed E-state index contributed by atoms with van der Waals surface area (Å²) in [6, 6.07) is 9.07. The second-order valence-corrected chi connectivity index (χ2v) is 5.47. The minimum absolute atomic E-state index is 0.605. The Kier molecular flexibility index (Phi) is 6.89. The molecule has 2 rings (SSSR count). The molecule has 0 spiro atoms. The molecule has 0 saturated carbocycles. The molecule has 1 aliphatic rings. The molecular weight excluding hydrogens is 250 g/mol. The molecule has 0 bridgehead atoms. The monoisotopic (exact) mass is 277 g/mol. The lowest BCUT2D eigenvalue weighted by Crippen LogP contribution is -2.34. The third-order valence-corrected chi connectivity index (χ3v) is 3.76. The second-order valence-electron chi connectivity index (χ2n) is 5.47. The Bertz CT molecular complexity index is 358. The summed E-state index contributed by atoms with van der Waals surface area (Å²) in [6.07, 6.45) is 5.87. The fourth-order valence-corrected chi connectivity index (χ4v) is 2.41. The molecule has 1 heterocycles. The molecule has 1 fully saturated rings. The third-order valence-electron chi connectivity index (χ3n) is 3.76. The molecule has 1 aliphatic heterocycles. The molecule has 0 aromatic heterocycles. The molecule has 1 aromatic carbocycles. The average Bonchev–Trinajstić information content (AvgIpc) is 2.52. The summed E-state index contributed by atoms with van der Waals surface area (Å²) in [7, 11) is 0. The Morgan fingerprint density at radius 2 is 1.90 bits per heavy atom. The van der Waals surface area contributed by atoms with Gasteiger partial charge in [-0.05, 0) is 37.0 Å². The molecule has 0 amide bonds. The Balaban J connectivity index is 1.68. The molecule has 0 unspecified atom stereocenters. The van der Waals surface area contributed by atoms with Crippen LogP contribution in [-0.4, -0.2) is 25.9 Å². The van der Waals surface area contributed by atoms with Crippen LogP contribution in [0.15, 0.2) is 24.3 Å². The van der Waals surface area contributed by atoms with E-state index in [1.165, 1.54) is 18.4 Å². The van der Waals surface area contributed by atoms with Gasteiger partial charge >= 0.3 is 0 Å². The molecular formula is C17H27NO2. The number of benzene rings is 1. The Labute approximate surface area is 122 Å². The summed E-state index contributed by atoms with van der Waals surface area (Å²) in [6.45, 7) is 5.75. The molecule has 20 heavy (non-hydrogen) atoms. The second kappa shape index (κ2) is 8.98. The Morgan fingerprint density at radius 1 is 1.15 bits per heavy atom. The van der Waals surface area contributed by atoms with Gasteiger partial charge in [-0.1, -0.05) is 31.9 Å². The lowest BCUT2D eigenvalue weighted by Gasteiger charge is -2.23. The smallest absolute Gasteiger partial charge is 0.119 e. The van der Waals surface area contributed by atoms with E-state index in [9.17, 15) is 0 Å². The number of nitrogens with one attached hydrogen (secondary N) is 1. The molecule has 1 saturated heterocycles. The van der Waals surface area contributed by atoms with Crippen molar-refractivity contribution in [3.05, 3.63) is 29.8 Å². The Hall–Kier alpha value is -1.06. The molecule has 1 aromatic rings. The van der Waals surface area contributed by atoms with Crippen LogP contribution in [0.1, 0.15) is 44.6 Å². The van der Waals surface area contributed by atoms with Gasteiger partial charge in [-0.15, -0.1) is 0 Å². The van der Waals surface area contributed by atoms with Gasteiger partial charge < -0.3 is 14.8 Å². The third kappa shape index (κ3) is 5.51. The lowest BCUT2D eigenvalue weighted by molar-refractivity contribution is 0.0776. The van der Waals surface area contributed by atoms with Gasteiger partial charge in [0, 0.05) is 25.8 Å². The normalized spacial score (nSPS) is 16.2. The molecule has 0 radical (unpaired) electrons. The molecule has 3 heteroatoms. The highest BCUT2D eigenvalue weighted by Gasteiger charge is 2.12. The van der Waals surface area contributed by atoms with E-state index >= 15 is 0 Å². The SMILES string of the molecule is CCCCCOc1ccc(CNC2CCOCC2)cc1. The van der Waals surface area contributed by atoms with Gasteiger partial charge in [-0.3, -0.25) is 0 Å². The van der Waals surface area contributed by atoms with Crippen LogP contribution in [0.4, 0.5) is 0 Å². The van der Waals surface area contributed by atoms with Crippen molar-refractivity contribution in [1.29, 1.82) is 0 Å². The van der Waals surface area contributed by atoms with Crippen LogP contribution in [0.25, 0.3) is 0 Å². The van der Waals surface area contributed by atoms with E-state index < -0.39 is 0 Å². The molecule has 0 aliphatic carbocycles. The van der Waals surface area contributed by atoms with Crippen LogP contribution in [0.3, 0.4) is 0 Å². The predicted molar refractivity (Wildman–Crippen MR) is 82.1 cm³/mol. The zero-order valence-electron chi connectivity index (χ0n) is 12.6. The number of hydrogen-bond acceptors (Lipinski definition) is 3. The van der Waals surface area contributed by atoms with Crippen molar-refractivity contribution in [3.63, 3.8) is 0 Å². The van der Waals surface area contributed by atoms with Crippen LogP contribution in [0.2, 0.25) is 0 Å². The summed E-state index contributed by atoms with van der Waals surface area (Å²) in [5.41, 5.74) is 1.32. The summed E-state index contributed by atoms with van der Waals surface area (Å²) in [4.78, 5) is 0. The lowest BCUT2D eigenvalue weighted by atomic mass is 10.1. The fourth-order valence-electron chi connectivity index (χ4n) is 2.41. The van der Waals surface area contributed by atoms with E-state index in [-0.39, 0.29) is 0 Å². The van der Waals surface area contributed by atoms with E-state index in [4.69, 9.17) is 9.47 Å². The molecule has 0 atom stereocenters. The maximum Gasteiger partial charge on any atom is 0.119 e. The van der Waals surface area contributed by atoms with E-state index in [1.807, 2.05) is 0 Å². The highest BCUT2D eigenvalue weighted by atomic mass is 16.5. The van der Waals surface area contributed by atoms with E-state index in [0.29, 0.717) is 6.04 Å². The van der Waals surface area contributed by atoms with E-state index in [0.717, 1.165) is 51.4 Å². The summed E-state index contributed by atoms with van der Waals surface area (Å²) in [5.74, 6) is 0.982. The number of ether oxygens (including phenoxy) is 2. The molecule has 3 nitrogen and oxygen atoms in total. The van der Waals surface area contributed by atoms with Crippen molar-refractivity contribution in [1.82, 2.24) is 5.32 Å². The summed E-state index contributed by atoms with van der Waals surface area (Å²) in [5, 5.41) is 3.60. The van der Waals surface area contributed by atoms with Gasteiger partial charge in [-0.25, -0.2) is 0 Å². The minimum Gasteiger partial charge on any atom is -0.494 e. The van der Waals surface area contributed by atoms with Crippen molar-refractivity contribution in [3.8, 4) is 5.75 Å². The van der Waals surface area contributed by atoms with Gasteiger partial charge in [0.05, 0.1) is 6.61 Å². The highest BCUT2D eigenvalue weighted by molar-refractivity contribution is 5.27. The van der Waals surface area contributed by atoms with Crippen molar-refractivity contribution >= 4 is 0 Å². The maximum absolute atomic E-state index is 5.72. The fraction of sp³-hybridized carbons (Fsp3) is 0.647. The number of unbranched alkanes of at least 4 members (excludes halogenated alkanes) is 2. The first-order valence-electron chi connectivity index (χ1n) is 7.91. The number of rotatable bonds is 8. The van der Waals surface area contributed by atoms with E-state index in [1.54, 1.807) is 0 Å². The first-order valence-corrected chi connectivity index (χ1v) is 7.91. The van der Waals surface area contributed by atoms with E-state index in [2.05, 4.69) is 36.5 Å². The van der Waals surface area contributed by atoms with Crippen molar-refractivity contribution in [2.24, 2.45) is 0 Å². The quantitative estimate of drug-likeness (QED) is 0.737. The van der Waals surface area contributed by atoms with Gasteiger partial charge in [0.25, 0.3) is 0 Å². The molecule has 1 N–H and O–H groups in total. The van der Waals surface area contributed by atoms with Crippen LogP contribution in [-0.2, 0) is 11.3 Å². The predicted octanol–water partition coefficient (Wildman–Crippen LogP) is 3.52. The van der Waals surface area contributed by atoms with Crippen LogP contribution >= 0.6 is 0 Å². The Morgan fingerprint density at radius 3 is 2.60 bits per heavy atom. The van der Waals surface area contributed by atoms with Gasteiger partial charge in [-0.2, -0.15) is 0 Å². The van der Waals surface area contributed by atoms with Gasteiger partial charge in [0.15, 0.2) is 0 Å². The molecule has 112 valence electrons. The maximum atomic E-state index is 5.72. The highest BCUT2D eigenvalue weighted by Crippen LogP contribution is 2.14. The summed E-state index contributed by atoms with van der Waals surface area (Å²) < 4.78 is 11.1. The van der Waals surface area contributed by atoms with Crippen LogP contribution in [0, 0.1) is 0 Å². The average molecular weight is 277 g/mol. The van der Waals surface area contributed by atoms with Crippen molar-refractivity contribution in [2.45, 2.75) is 51.6 Å². The number of hydrogen-bond donors (Lipinski definition) is 1. The van der Waals surface area contributed by atoms with Crippen molar-refractivity contribution < 1.29 is 9.47 Å². The topological polar surface area (TPSA) is 30.5 Å². The van der Waals surface area contributed by atoms with Crippen LogP contribution in [0.5, 0.6) is 5.75 Å². The van der Waals surface area contributed by atoms with Gasteiger partial charge in [0.1, 0.15) is 5.75 Å². The van der Waals surface area contributed by atoms with Gasteiger partial charge in [0.2, 0.25) is 0 Å². The first kappa shape index (κ1) is 15.3. The zero-order valence-corrected chi connectivity index (χ0v) is 12.6. The minimum atomic E-state index is 0.605. The van der Waals surface area contributed by atoms with Crippen LogP contribution < -0.4 is 10.1 Å². The largest absolute Gasteiger partial charge is 0.494 e. The standard InChI is InChI=1S/C17H27NO2/c1-2-3-4-11-20-17-7-5-15(6-8-17)14-18-16-9-12-19-13-10-16/h5-8,16,18H,2-4,9-14H2,1H3. The summed E-state index contributed by atoms with van der Waals surface area (Å²) >= 11 is 0. The van der Waals surface area contributed by atoms with Crippen molar-refractivity contribution in [2.75, 3.05) is 19.8 Å².